The van der Waals surface area contributed by atoms with Gasteiger partial charge in [0.2, 0.25) is 0 Å². The zero-order valence-electron chi connectivity index (χ0n) is 31.2. The Morgan fingerprint density at radius 2 is 1.19 bits per heavy atom. The van der Waals surface area contributed by atoms with Crippen molar-refractivity contribution in [2.75, 3.05) is 47.5 Å². The van der Waals surface area contributed by atoms with Gasteiger partial charge in [0.05, 0.1) is 27.7 Å². The van der Waals surface area contributed by atoms with Gasteiger partial charge in [0, 0.05) is 12.8 Å². The number of phosphoric ester groups is 1. The van der Waals surface area contributed by atoms with E-state index >= 15 is 0 Å². The third kappa shape index (κ3) is 34.1. The lowest BCUT2D eigenvalue weighted by molar-refractivity contribution is -0.870. The maximum atomic E-state index is 12.5. The number of hydrogen-bond donors (Lipinski definition) is 1. The minimum atomic E-state index is -4.36. The predicted molar refractivity (Wildman–Crippen MR) is 197 cm³/mol. The number of rotatable bonds is 33. The molecule has 10 heteroatoms. The van der Waals surface area contributed by atoms with Crippen LogP contribution in [0.4, 0.5) is 0 Å². The lowest BCUT2D eigenvalue weighted by atomic mass is 10.1. The molecule has 9 nitrogen and oxygen atoms in total. The topological polar surface area (TPSA) is 108 Å². The Morgan fingerprint density at radius 1 is 0.667 bits per heavy atom. The van der Waals surface area contributed by atoms with Crippen LogP contribution in [0.25, 0.3) is 0 Å². The van der Waals surface area contributed by atoms with E-state index in [0.29, 0.717) is 17.4 Å². The van der Waals surface area contributed by atoms with Crippen LogP contribution in [0.15, 0.2) is 36.5 Å². The molecule has 2 atom stereocenters. The number of phosphoric acid groups is 1. The van der Waals surface area contributed by atoms with E-state index in [2.05, 4.69) is 50.3 Å². The van der Waals surface area contributed by atoms with Gasteiger partial charge in [-0.05, 0) is 44.9 Å². The SMILES string of the molecule is CC/C=C\C/C=C\C/C=C\CCCCCCCC(=O)OC[C@H](COP(=O)(O)OCC[N+](C)(C)C)OC(=O)CCCCCCCCCCC. The van der Waals surface area contributed by atoms with E-state index in [1.807, 2.05) is 21.1 Å². The molecule has 0 amide bonds. The maximum Gasteiger partial charge on any atom is 0.472 e. The van der Waals surface area contributed by atoms with Crippen LogP contribution < -0.4 is 0 Å². The summed E-state index contributed by atoms with van der Waals surface area (Å²) in [5.41, 5.74) is 0. The van der Waals surface area contributed by atoms with Gasteiger partial charge < -0.3 is 18.9 Å². The highest BCUT2D eigenvalue weighted by Crippen LogP contribution is 2.43. The molecule has 48 heavy (non-hydrogen) atoms. The van der Waals surface area contributed by atoms with Crippen molar-refractivity contribution in [3.63, 3.8) is 0 Å². The molecule has 0 aliphatic carbocycles. The summed E-state index contributed by atoms with van der Waals surface area (Å²) in [6.45, 7) is 4.24. The van der Waals surface area contributed by atoms with Crippen molar-refractivity contribution in [2.24, 2.45) is 0 Å². The van der Waals surface area contributed by atoms with Crippen molar-refractivity contribution in [1.82, 2.24) is 0 Å². The number of quaternary nitrogens is 1. The van der Waals surface area contributed by atoms with Gasteiger partial charge in [-0.1, -0.05) is 121 Å². The molecule has 0 aliphatic heterocycles. The number of ether oxygens (including phenoxy) is 2. The monoisotopic (exact) mass is 700 g/mol. The molecular weight excluding hydrogens is 629 g/mol. The summed E-state index contributed by atoms with van der Waals surface area (Å²) in [7, 11) is 1.46. The molecule has 1 unspecified atom stereocenters. The van der Waals surface area contributed by atoms with Gasteiger partial charge in [-0.25, -0.2) is 4.57 Å². The molecule has 0 aromatic rings. The summed E-state index contributed by atoms with van der Waals surface area (Å²) >= 11 is 0. The molecule has 0 aromatic heterocycles. The third-order valence-electron chi connectivity index (χ3n) is 7.68. The van der Waals surface area contributed by atoms with E-state index in [1.54, 1.807) is 0 Å². The normalized spacial score (nSPS) is 14.2. The Balaban J connectivity index is 4.44. The summed E-state index contributed by atoms with van der Waals surface area (Å²) in [5.74, 6) is -0.824. The van der Waals surface area contributed by atoms with Gasteiger partial charge in [-0.15, -0.1) is 0 Å². The smallest absolute Gasteiger partial charge is 0.462 e. The average molecular weight is 701 g/mol. The first-order chi connectivity index (χ1) is 23.0. The van der Waals surface area contributed by atoms with Crippen LogP contribution in [0.2, 0.25) is 0 Å². The quantitative estimate of drug-likeness (QED) is 0.0237. The largest absolute Gasteiger partial charge is 0.472 e. The molecule has 0 aromatic carbocycles. The molecule has 0 spiro atoms. The van der Waals surface area contributed by atoms with Crippen LogP contribution in [0.3, 0.4) is 0 Å². The number of nitrogens with zero attached hydrogens (tertiary/aromatic N) is 1. The molecule has 280 valence electrons. The van der Waals surface area contributed by atoms with E-state index in [1.165, 1.54) is 32.1 Å². The molecule has 0 saturated heterocycles. The van der Waals surface area contributed by atoms with Crippen LogP contribution in [0, 0.1) is 0 Å². The zero-order valence-corrected chi connectivity index (χ0v) is 32.1. The molecule has 0 bridgehead atoms. The highest BCUT2D eigenvalue weighted by molar-refractivity contribution is 7.47. The Labute approximate surface area is 293 Å². The molecule has 1 N–H and O–H groups in total. The Morgan fingerprint density at radius 3 is 1.77 bits per heavy atom. The number of likely N-dealkylation sites (N-methyl/N-ethyl adjacent to an activating group) is 1. The molecule has 0 rings (SSSR count). The second-order valence-electron chi connectivity index (χ2n) is 13.6. The van der Waals surface area contributed by atoms with Crippen LogP contribution in [-0.2, 0) is 32.7 Å². The van der Waals surface area contributed by atoms with Gasteiger partial charge in [0.15, 0.2) is 6.10 Å². The molecule has 0 radical (unpaired) electrons. The van der Waals surface area contributed by atoms with Gasteiger partial charge in [0.25, 0.3) is 0 Å². The predicted octanol–water partition coefficient (Wildman–Crippen LogP) is 9.79. The standard InChI is InChI=1S/C38H70NO8P/c1-6-8-10-12-14-16-17-18-19-20-21-23-24-26-28-30-37(40)44-34-36(35-46-48(42,43)45-33-32-39(3,4)5)47-38(41)31-29-27-25-22-15-13-11-9-7-2/h8,10,14,16,18-19,36H,6-7,9,11-13,15,17,20-35H2,1-5H3/p+1/b10-8-,16-14-,19-18-/t36-/m1/s1. The summed E-state index contributed by atoms with van der Waals surface area (Å²) in [4.78, 5) is 35.1. The van der Waals surface area contributed by atoms with Gasteiger partial charge in [-0.2, -0.15) is 0 Å². The number of esters is 2. The number of allylic oxidation sites excluding steroid dienone is 6. The average Bonchev–Trinajstić information content (AvgIpc) is 3.02. The van der Waals surface area contributed by atoms with Crippen molar-refractivity contribution in [2.45, 2.75) is 148 Å². The number of unbranched alkanes of at least 4 members (excludes halogenated alkanes) is 13. The Hall–Kier alpha value is -1.77. The van der Waals surface area contributed by atoms with Gasteiger partial charge in [0.1, 0.15) is 19.8 Å². The summed E-state index contributed by atoms with van der Waals surface area (Å²) < 4.78 is 34.1. The maximum absolute atomic E-state index is 12.5. The van der Waals surface area contributed by atoms with Crippen molar-refractivity contribution in [3.05, 3.63) is 36.5 Å². The Bertz CT molecular complexity index is 928. The van der Waals surface area contributed by atoms with Crippen LogP contribution in [0.5, 0.6) is 0 Å². The third-order valence-corrected chi connectivity index (χ3v) is 8.67. The fraction of sp³-hybridized carbons (Fsp3) is 0.789. The number of hydrogen-bond acceptors (Lipinski definition) is 7. The minimum Gasteiger partial charge on any atom is -0.462 e. The summed E-state index contributed by atoms with van der Waals surface area (Å²) in [5, 5.41) is 0. The second kappa shape index (κ2) is 31.2. The minimum absolute atomic E-state index is 0.0288. The van der Waals surface area contributed by atoms with E-state index < -0.39 is 26.5 Å². The fourth-order valence-corrected chi connectivity index (χ4v) is 5.47. The van der Waals surface area contributed by atoms with Crippen molar-refractivity contribution >= 4 is 19.8 Å². The van der Waals surface area contributed by atoms with E-state index in [-0.39, 0.29) is 32.0 Å². The highest BCUT2D eigenvalue weighted by atomic mass is 31.2. The highest BCUT2D eigenvalue weighted by Gasteiger charge is 2.27. The fourth-order valence-electron chi connectivity index (χ4n) is 4.73. The second-order valence-corrected chi connectivity index (χ2v) is 15.0. The molecular formula is C38H71NO8P+. The van der Waals surface area contributed by atoms with Crippen molar-refractivity contribution in [1.29, 1.82) is 0 Å². The molecule has 0 aliphatic rings. The number of carbonyl (C=O) groups excluding carboxylic acids is 2. The molecule has 0 fully saturated rings. The molecule has 0 saturated carbocycles. The van der Waals surface area contributed by atoms with Crippen LogP contribution in [0.1, 0.15) is 142 Å². The van der Waals surface area contributed by atoms with Gasteiger partial charge >= 0.3 is 19.8 Å². The summed E-state index contributed by atoms with van der Waals surface area (Å²) in [6, 6.07) is 0. The van der Waals surface area contributed by atoms with E-state index in [0.717, 1.165) is 77.0 Å². The lowest BCUT2D eigenvalue weighted by Gasteiger charge is -2.24. The zero-order chi connectivity index (χ0) is 35.8. The first-order valence-corrected chi connectivity index (χ1v) is 20.2. The van der Waals surface area contributed by atoms with E-state index in [9.17, 15) is 19.0 Å². The Kier molecular flexibility index (Phi) is 30.1. The van der Waals surface area contributed by atoms with Crippen LogP contribution >= 0.6 is 7.82 Å². The first-order valence-electron chi connectivity index (χ1n) is 18.7. The van der Waals surface area contributed by atoms with Crippen molar-refractivity contribution in [3.8, 4) is 0 Å². The van der Waals surface area contributed by atoms with Crippen LogP contribution in [-0.4, -0.2) is 74.9 Å². The van der Waals surface area contributed by atoms with E-state index in [4.69, 9.17) is 18.5 Å². The van der Waals surface area contributed by atoms with Crippen molar-refractivity contribution < 1.29 is 42.1 Å². The molecule has 0 heterocycles. The first kappa shape index (κ1) is 46.2. The van der Waals surface area contributed by atoms with Gasteiger partial charge in [-0.3, -0.25) is 18.6 Å². The number of carbonyl (C=O) groups is 2. The lowest BCUT2D eigenvalue weighted by Crippen LogP contribution is -2.37. The summed E-state index contributed by atoms with van der Waals surface area (Å²) in [6.07, 6.45) is 32.0.